The molecule has 1 heterocycles. The first-order chi connectivity index (χ1) is 8.67. The number of nitrogens with two attached hydrogens (primary N) is 1. The fourth-order valence-corrected chi connectivity index (χ4v) is 2.84. The Hall–Kier alpha value is -0.450. The molecule has 4 heteroatoms. The molecule has 102 valence electrons. The number of furan rings is 1. The van der Waals surface area contributed by atoms with Crippen molar-refractivity contribution in [2.24, 2.45) is 11.7 Å². The minimum absolute atomic E-state index is 0.208. The molecule has 1 aliphatic carbocycles. The highest BCUT2D eigenvalue weighted by molar-refractivity contribution is 7.98. The third kappa shape index (κ3) is 3.11. The maximum absolute atomic E-state index is 6.00. The van der Waals surface area contributed by atoms with E-state index < -0.39 is 0 Å². The van der Waals surface area contributed by atoms with E-state index in [9.17, 15) is 0 Å². The lowest BCUT2D eigenvalue weighted by Gasteiger charge is -2.24. The van der Waals surface area contributed by atoms with Crippen LogP contribution in [0.15, 0.2) is 16.5 Å². The summed E-state index contributed by atoms with van der Waals surface area (Å²) in [7, 11) is 2.12. The van der Waals surface area contributed by atoms with E-state index in [0.717, 1.165) is 29.7 Å². The Labute approximate surface area is 114 Å². The molecule has 0 saturated heterocycles. The second-order valence-electron chi connectivity index (χ2n) is 5.28. The Morgan fingerprint density at radius 1 is 1.56 bits per heavy atom. The first-order valence-corrected chi connectivity index (χ1v) is 8.05. The molecule has 2 N–H and O–H groups in total. The molecule has 3 atom stereocenters. The van der Waals surface area contributed by atoms with Crippen LogP contribution in [0.25, 0.3) is 0 Å². The fourth-order valence-electron chi connectivity index (χ4n) is 2.37. The van der Waals surface area contributed by atoms with Gasteiger partial charge in [-0.25, -0.2) is 0 Å². The maximum Gasteiger partial charge on any atom is 0.122 e. The minimum atomic E-state index is 0.208. The third-order valence-corrected chi connectivity index (χ3v) is 4.45. The summed E-state index contributed by atoms with van der Waals surface area (Å²) < 4.78 is 6.00. The average molecular weight is 268 g/mol. The van der Waals surface area contributed by atoms with Crippen molar-refractivity contribution in [1.82, 2.24) is 4.90 Å². The molecule has 2 rings (SSSR count). The highest BCUT2D eigenvalue weighted by Gasteiger charge is 2.37. The second kappa shape index (κ2) is 6.13. The Bertz CT molecular complexity index is 380. The largest absolute Gasteiger partial charge is 0.464 e. The maximum atomic E-state index is 6.00. The Balaban J connectivity index is 2.00. The van der Waals surface area contributed by atoms with E-state index in [1.165, 1.54) is 6.42 Å². The number of nitrogens with zero attached hydrogens (tertiary/aromatic N) is 1. The van der Waals surface area contributed by atoms with Crippen LogP contribution in [-0.4, -0.2) is 37.0 Å². The molecule has 1 aliphatic rings. The molecule has 0 aliphatic heterocycles. The van der Waals surface area contributed by atoms with Crippen LogP contribution in [0.3, 0.4) is 0 Å². The molecule has 0 spiro atoms. The lowest BCUT2D eigenvalue weighted by molar-refractivity contribution is 0.229. The van der Waals surface area contributed by atoms with Crippen molar-refractivity contribution in [2.75, 3.05) is 32.1 Å². The van der Waals surface area contributed by atoms with Crippen LogP contribution in [0.5, 0.6) is 0 Å². The minimum Gasteiger partial charge on any atom is -0.464 e. The summed E-state index contributed by atoms with van der Waals surface area (Å²) in [5.74, 6) is 4.73. The molecule has 0 bridgehead atoms. The third-order valence-electron chi connectivity index (χ3n) is 3.85. The summed E-state index contributed by atoms with van der Waals surface area (Å²) in [6.07, 6.45) is 3.40. The van der Waals surface area contributed by atoms with Gasteiger partial charge in [-0.1, -0.05) is 6.92 Å². The SMILES string of the molecule is CSCCN(C)C(CN)c1ccc(C2CC2C)o1. The molecule has 1 aromatic rings. The van der Waals surface area contributed by atoms with Gasteiger partial charge < -0.3 is 10.2 Å². The number of hydrogen-bond donors (Lipinski definition) is 1. The second-order valence-corrected chi connectivity index (χ2v) is 6.27. The molecule has 0 radical (unpaired) electrons. The Kier molecular flexibility index (Phi) is 4.76. The standard InChI is InChI=1S/C14H24N2OS/c1-10-8-11(10)13-4-5-14(17-13)12(9-15)16(2)6-7-18-3/h4-5,10-12H,6-9,15H2,1-3H3. The van der Waals surface area contributed by atoms with Crippen LogP contribution in [0.2, 0.25) is 0 Å². The summed E-state index contributed by atoms with van der Waals surface area (Å²) in [4.78, 5) is 2.29. The summed E-state index contributed by atoms with van der Waals surface area (Å²) >= 11 is 1.86. The van der Waals surface area contributed by atoms with Gasteiger partial charge in [-0.05, 0) is 37.8 Å². The van der Waals surface area contributed by atoms with E-state index in [2.05, 4.69) is 37.3 Å². The van der Waals surface area contributed by atoms with Crippen molar-refractivity contribution < 1.29 is 4.42 Å². The predicted molar refractivity (Wildman–Crippen MR) is 78.0 cm³/mol. The van der Waals surface area contributed by atoms with Gasteiger partial charge in [-0.3, -0.25) is 4.90 Å². The molecule has 0 amide bonds. The van der Waals surface area contributed by atoms with Gasteiger partial charge in [0, 0.05) is 24.8 Å². The average Bonchev–Trinajstić information content (AvgIpc) is 2.90. The van der Waals surface area contributed by atoms with Gasteiger partial charge in [0.1, 0.15) is 11.5 Å². The predicted octanol–water partition coefficient (Wildman–Crippen LogP) is 2.70. The molecule has 18 heavy (non-hydrogen) atoms. The van der Waals surface area contributed by atoms with Crippen molar-refractivity contribution in [1.29, 1.82) is 0 Å². The zero-order chi connectivity index (χ0) is 13.1. The fraction of sp³-hybridized carbons (Fsp3) is 0.714. The summed E-state index contributed by atoms with van der Waals surface area (Å²) in [6, 6.07) is 4.45. The van der Waals surface area contributed by atoms with E-state index in [0.29, 0.717) is 12.5 Å². The molecule has 1 fully saturated rings. The zero-order valence-corrected chi connectivity index (χ0v) is 12.4. The van der Waals surface area contributed by atoms with E-state index in [-0.39, 0.29) is 6.04 Å². The zero-order valence-electron chi connectivity index (χ0n) is 11.6. The van der Waals surface area contributed by atoms with Crippen LogP contribution >= 0.6 is 11.8 Å². The van der Waals surface area contributed by atoms with Crippen LogP contribution < -0.4 is 5.73 Å². The number of thioether (sulfide) groups is 1. The summed E-state index contributed by atoms with van der Waals surface area (Å²) in [5, 5.41) is 0. The molecule has 0 aromatic carbocycles. The lowest BCUT2D eigenvalue weighted by atomic mass is 10.2. The van der Waals surface area contributed by atoms with Crippen molar-refractivity contribution >= 4 is 11.8 Å². The highest BCUT2D eigenvalue weighted by Crippen LogP contribution is 2.47. The van der Waals surface area contributed by atoms with Gasteiger partial charge in [0.25, 0.3) is 0 Å². The molecular weight excluding hydrogens is 244 g/mol. The molecular formula is C14H24N2OS. The normalized spacial score (nSPS) is 24.5. The summed E-state index contributed by atoms with van der Waals surface area (Å²) in [6.45, 7) is 3.93. The van der Waals surface area contributed by atoms with E-state index in [1.54, 1.807) is 0 Å². The summed E-state index contributed by atoms with van der Waals surface area (Å²) in [5.41, 5.74) is 5.90. The van der Waals surface area contributed by atoms with Gasteiger partial charge in [0.2, 0.25) is 0 Å². The molecule has 3 unspecified atom stereocenters. The van der Waals surface area contributed by atoms with Crippen molar-refractivity contribution in [3.05, 3.63) is 23.7 Å². The van der Waals surface area contributed by atoms with Crippen LogP contribution in [0.1, 0.15) is 36.8 Å². The smallest absolute Gasteiger partial charge is 0.122 e. The topological polar surface area (TPSA) is 42.4 Å². The van der Waals surface area contributed by atoms with Gasteiger partial charge in [0.15, 0.2) is 0 Å². The van der Waals surface area contributed by atoms with Crippen molar-refractivity contribution in [3.63, 3.8) is 0 Å². The van der Waals surface area contributed by atoms with Crippen molar-refractivity contribution in [3.8, 4) is 0 Å². The van der Waals surface area contributed by atoms with E-state index in [4.69, 9.17) is 10.2 Å². The van der Waals surface area contributed by atoms with Crippen LogP contribution in [0.4, 0.5) is 0 Å². The molecule has 1 saturated carbocycles. The Morgan fingerprint density at radius 2 is 2.28 bits per heavy atom. The quantitative estimate of drug-likeness (QED) is 0.825. The van der Waals surface area contributed by atoms with E-state index in [1.807, 2.05) is 11.8 Å². The van der Waals surface area contributed by atoms with Gasteiger partial charge in [-0.2, -0.15) is 11.8 Å². The van der Waals surface area contributed by atoms with Crippen LogP contribution in [-0.2, 0) is 0 Å². The monoisotopic (exact) mass is 268 g/mol. The van der Waals surface area contributed by atoms with Crippen molar-refractivity contribution in [2.45, 2.75) is 25.3 Å². The molecule has 1 aromatic heterocycles. The lowest BCUT2D eigenvalue weighted by Crippen LogP contribution is -2.31. The Morgan fingerprint density at radius 3 is 2.83 bits per heavy atom. The number of rotatable bonds is 7. The number of hydrogen-bond acceptors (Lipinski definition) is 4. The van der Waals surface area contributed by atoms with Gasteiger partial charge in [-0.15, -0.1) is 0 Å². The molecule has 3 nitrogen and oxygen atoms in total. The van der Waals surface area contributed by atoms with Gasteiger partial charge in [0.05, 0.1) is 6.04 Å². The highest BCUT2D eigenvalue weighted by atomic mass is 32.2. The number of likely N-dealkylation sites (N-methyl/N-ethyl adjacent to an activating group) is 1. The first-order valence-electron chi connectivity index (χ1n) is 6.66. The van der Waals surface area contributed by atoms with E-state index >= 15 is 0 Å². The first kappa shape index (κ1) is 14.0. The van der Waals surface area contributed by atoms with Crippen LogP contribution in [0, 0.1) is 5.92 Å². The van der Waals surface area contributed by atoms with Gasteiger partial charge >= 0.3 is 0 Å².